The molecule has 2 aliphatic heterocycles. The lowest BCUT2D eigenvalue weighted by Gasteiger charge is -2.38. The van der Waals surface area contributed by atoms with E-state index in [0.717, 1.165) is 50.6 Å². The second kappa shape index (κ2) is 10.4. The van der Waals surface area contributed by atoms with Gasteiger partial charge in [0.25, 0.3) is 5.56 Å². The first-order valence-electron chi connectivity index (χ1n) is 13.9. The minimum absolute atomic E-state index is 0.0910. The van der Waals surface area contributed by atoms with E-state index in [2.05, 4.69) is 50.8 Å². The van der Waals surface area contributed by atoms with E-state index in [1.165, 1.54) is 10.9 Å². The largest absolute Gasteiger partial charge is 0.384 e. The molecule has 2 N–H and O–H groups in total. The standard InChI is InChI=1S/C30H36N8O3/c1-5-14-37-27(39)23-18-31-28(34-26(23)38(37)25-8-6-7-24(33-25)29(2,3)40)32-21-9-11-22(12-10-21)36-15-13-30(20-36)19-35(4)16-17-41-30/h5-12,18,40H,1,13-17,19-20H2,2-4H3,(H,31,32,34). The molecule has 4 aromatic rings. The fraction of sp³-hybridized carbons (Fsp3) is 0.400. The first-order chi connectivity index (χ1) is 19.7. The molecule has 6 rings (SSSR count). The highest BCUT2D eigenvalue weighted by atomic mass is 16.5. The Kier molecular flexibility index (Phi) is 6.88. The van der Waals surface area contributed by atoms with Crippen molar-refractivity contribution in [1.82, 2.24) is 29.2 Å². The van der Waals surface area contributed by atoms with Crippen molar-refractivity contribution >= 4 is 28.4 Å². The Morgan fingerprint density at radius 2 is 1.95 bits per heavy atom. The van der Waals surface area contributed by atoms with Crippen molar-refractivity contribution in [3.05, 3.63) is 77.4 Å². The summed E-state index contributed by atoms with van der Waals surface area (Å²) in [7, 11) is 2.16. The summed E-state index contributed by atoms with van der Waals surface area (Å²) in [5.41, 5.74) is 1.38. The minimum Gasteiger partial charge on any atom is -0.384 e. The van der Waals surface area contributed by atoms with Crippen LogP contribution in [0.1, 0.15) is 26.0 Å². The molecule has 0 aliphatic carbocycles. The summed E-state index contributed by atoms with van der Waals surface area (Å²) >= 11 is 0. The van der Waals surface area contributed by atoms with Crippen molar-refractivity contribution in [2.75, 3.05) is 50.1 Å². The Morgan fingerprint density at radius 3 is 2.68 bits per heavy atom. The number of rotatable bonds is 7. The third-order valence-electron chi connectivity index (χ3n) is 7.80. The number of aromatic nitrogens is 5. The van der Waals surface area contributed by atoms with Crippen LogP contribution in [0.2, 0.25) is 0 Å². The third kappa shape index (κ3) is 5.23. The van der Waals surface area contributed by atoms with E-state index in [9.17, 15) is 9.90 Å². The van der Waals surface area contributed by atoms with Crippen molar-refractivity contribution < 1.29 is 9.84 Å². The summed E-state index contributed by atoms with van der Waals surface area (Å²) in [6, 6.07) is 13.5. The fourth-order valence-corrected chi connectivity index (χ4v) is 5.72. The summed E-state index contributed by atoms with van der Waals surface area (Å²) in [6.45, 7) is 12.0. The molecule has 5 heterocycles. The van der Waals surface area contributed by atoms with Gasteiger partial charge in [0.15, 0.2) is 11.5 Å². The van der Waals surface area contributed by atoms with E-state index in [1.807, 2.05) is 12.1 Å². The van der Waals surface area contributed by atoms with E-state index in [-0.39, 0.29) is 17.7 Å². The quantitative estimate of drug-likeness (QED) is 0.332. The zero-order chi connectivity index (χ0) is 28.8. The molecular formula is C30H36N8O3. The molecule has 0 saturated carbocycles. The van der Waals surface area contributed by atoms with Crippen LogP contribution < -0.4 is 15.8 Å². The molecule has 0 bridgehead atoms. The summed E-state index contributed by atoms with van der Waals surface area (Å²) < 4.78 is 9.38. The number of morpholine rings is 1. The summed E-state index contributed by atoms with van der Waals surface area (Å²) in [6.07, 6.45) is 4.19. The molecule has 41 heavy (non-hydrogen) atoms. The number of fused-ring (bicyclic) bond motifs is 1. The van der Waals surface area contributed by atoms with E-state index >= 15 is 0 Å². The number of aliphatic hydroxyl groups is 1. The van der Waals surface area contributed by atoms with Gasteiger partial charge in [-0.2, -0.15) is 4.98 Å². The number of likely N-dealkylation sites (N-methyl/N-ethyl adjacent to an activating group) is 1. The fourth-order valence-electron chi connectivity index (χ4n) is 5.72. The van der Waals surface area contributed by atoms with Crippen molar-refractivity contribution in [2.45, 2.75) is 38.0 Å². The zero-order valence-corrected chi connectivity index (χ0v) is 23.7. The van der Waals surface area contributed by atoms with Gasteiger partial charge < -0.3 is 25.0 Å². The molecule has 2 fully saturated rings. The molecule has 0 radical (unpaired) electrons. The highest BCUT2D eigenvalue weighted by Crippen LogP contribution is 2.33. The van der Waals surface area contributed by atoms with E-state index in [4.69, 9.17) is 9.72 Å². The molecule has 1 atom stereocenters. The van der Waals surface area contributed by atoms with Gasteiger partial charge in [-0.25, -0.2) is 19.3 Å². The highest BCUT2D eigenvalue weighted by Gasteiger charge is 2.42. The number of ether oxygens (including phenoxy) is 1. The third-order valence-corrected chi connectivity index (χ3v) is 7.80. The first kappa shape index (κ1) is 27.1. The van der Waals surface area contributed by atoms with Gasteiger partial charge in [-0.15, -0.1) is 6.58 Å². The maximum absolute atomic E-state index is 13.3. The van der Waals surface area contributed by atoms with Gasteiger partial charge in [0.05, 0.1) is 24.4 Å². The molecule has 1 spiro atoms. The lowest BCUT2D eigenvalue weighted by atomic mass is 10.0. The van der Waals surface area contributed by atoms with Crippen molar-refractivity contribution in [3.63, 3.8) is 0 Å². The molecular weight excluding hydrogens is 520 g/mol. The van der Waals surface area contributed by atoms with Crippen LogP contribution in [0.15, 0.2) is 66.1 Å². The monoisotopic (exact) mass is 556 g/mol. The van der Waals surface area contributed by atoms with Crippen LogP contribution in [0.25, 0.3) is 16.9 Å². The van der Waals surface area contributed by atoms with E-state index in [0.29, 0.717) is 28.5 Å². The molecule has 0 amide bonds. The van der Waals surface area contributed by atoms with Crippen molar-refractivity contribution in [2.24, 2.45) is 0 Å². The Hall–Kier alpha value is -4.06. The number of allylic oxidation sites excluding steroid dienone is 1. The molecule has 1 unspecified atom stereocenters. The lowest BCUT2D eigenvalue weighted by Crippen LogP contribution is -2.51. The normalized spacial score (nSPS) is 19.8. The maximum Gasteiger partial charge on any atom is 0.278 e. The van der Waals surface area contributed by atoms with Crippen LogP contribution in [-0.2, 0) is 16.9 Å². The summed E-state index contributed by atoms with van der Waals surface area (Å²) in [5, 5.41) is 14.2. The second-order valence-electron chi connectivity index (χ2n) is 11.5. The van der Waals surface area contributed by atoms with Gasteiger partial charge in [0, 0.05) is 43.8 Å². The van der Waals surface area contributed by atoms with E-state index < -0.39 is 5.60 Å². The van der Waals surface area contributed by atoms with Gasteiger partial charge in [-0.05, 0) is 63.7 Å². The van der Waals surface area contributed by atoms with Gasteiger partial charge in [-0.3, -0.25) is 4.79 Å². The van der Waals surface area contributed by atoms with Crippen LogP contribution in [-0.4, -0.2) is 79.8 Å². The van der Waals surface area contributed by atoms with Crippen LogP contribution >= 0.6 is 0 Å². The smallest absolute Gasteiger partial charge is 0.278 e. The number of hydrogen-bond acceptors (Lipinski definition) is 9. The number of hydrogen-bond donors (Lipinski definition) is 2. The molecule has 2 aliphatic rings. The van der Waals surface area contributed by atoms with Crippen molar-refractivity contribution in [1.29, 1.82) is 0 Å². The van der Waals surface area contributed by atoms with Crippen LogP contribution in [0.3, 0.4) is 0 Å². The second-order valence-corrected chi connectivity index (χ2v) is 11.5. The van der Waals surface area contributed by atoms with Crippen LogP contribution in [0.4, 0.5) is 17.3 Å². The topological polar surface area (TPSA) is 114 Å². The SMILES string of the molecule is C=CCn1c(=O)c2cnc(Nc3ccc(N4CCC5(CN(C)CCO5)C4)cc3)nc2n1-c1cccc(C(C)(C)O)n1. The molecule has 2 saturated heterocycles. The maximum atomic E-state index is 13.3. The number of pyridine rings is 1. The Bertz CT molecular complexity index is 1640. The Morgan fingerprint density at radius 1 is 1.15 bits per heavy atom. The Balaban J connectivity index is 1.28. The van der Waals surface area contributed by atoms with Crippen molar-refractivity contribution in [3.8, 4) is 5.82 Å². The Labute approximate surface area is 238 Å². The lowest BCUT2D eigenvalue weighted by molar-refractivity contribution is -0.0885. The predicted octanol–water partition coefficient (Wildman–Crippen LogP) is 3.05. The number of benzene rings is 1. The number of nitrogens with one attached hydrogen (secondary N) is 1. The van der Waals surface area contributed by atoms with Gasteiger partial charge in [0.2, 0.25) is 5.95 Å². The highest BCUT2D eigenvalue weighted by molar-refractivity contribution is 5.77. The van der Waals surface area contributed by atoms with Crippen LogP contribution in [0.5, 0.6) is 0 Å². The minimum atomic E-state index is -1.15. The molecule has 3 aromatic heterocycles. The van der Waals surface area contributed by atoms with Gasteiger partial charge >= 0.3 is 0 Å². The van der Waals surface area contributed by atoms with Gasteiger partial charge in [-0.1, -0.05) is 12.1 Å². The summed E-state index contributed by atoms with van der Waals surface area (Å²) in [4.78, 5) is 31.8. The average Bonchev–Trinajstić information content (AvgIpc) is 3.47. The van der Waals surface area contributed by atoms with Gasteiger partial charge in [0.1, 0.15) is 11.0 Å². The number of nitrogens with zero attached hydrogens (tertiary/aromatic N) is 7. The molecule has 11 nitrogen and oxygen atoms in total. The van der Waals surface area contributed by atoms with Crippen LogP contribution in [0, 0.1) is 0 Å². The molecule has 1 aromatic carbocycles. The average molecular weight is 557 g/mol. The molecule has 11 heteroatoms. The molecule has 214 valence electrons. The van der Waals surface area contributed by atoms with E-state index in [1.54, 1.807) is 42.8 Å². The predicted molar refractivity (Wildman–Crippen MR) is 159 cm³/mol. The zero-order valence-electron chi connectivity index (χ0n) is 23.7. The summed E-state index contributed by atoms with van der Waals surface area (Å²) in [5.74, 6) is 0.816. The number of anilines is 3. The first-order valence-corrected chi connectivity index (χ1v) is 13.9.